The van der Waals surface area contributed by atoms with Crippen LogP contribution >= 0.6 is 11.3 Å². The van der Waals surface area contributed by atoms with Crippen molar-refractivity contribution in [3.63, 3.8) is 0 Å². The summed E-state index contributed by atoms with van der Waals surface area (Å²) >= 11 is 1.92. The van der Waals surface area contributed by atoms with Crippen LogP contribution in [0.25, 0.3) is 5.57 Å². The van der Waals surface area contributed by atoms with Crippen LogP contribution < -0.4 is 0 Å². The third-order valence-electron chi connectivity index (χ3n) is 6.56. The van der Waals surface area contributed by atoms with E-state index in [1.807, 2.05) is 25.2 Å². The highest BCUT2D eigenvalue weighted by Crippen LogP contribution is 2.44. The zero-order chi connectivity index (χ0) is 25.3. The van der Waals surface area contributed by atoms with Crippen LogP contribution in [0.3, 0.4) is 0 Å². The minimum Gasteiger partial charge on any atom is -0.481 e. The van der Waals surface area contributed by atoms with Crippen molar-refractivity contribution in [1.29, 1.82) is 0 Å². The number of allylic oxidation sites excluding steroid dienone is 2. The Kier molecular flexibility index (Phi) is 11.3. The van der Waals surface area contributed by atoms with Crippen molar-refractivity contribution in [3.8, 4) is 0 Å². The maximum absolute atomic E-state index is 12.6. The molecule has 3 heteroatoms. The lowest BCUT2D eigenvalue weighted by Gasteiger charge is -2.25. The number of aryl methyl sites for hydroxylation is 3. The number of carboxylic acids is 1. The number of carbonyl (C=O) groups is 1. The van der Waals surface area contributed by atoms with Gasteiger partial charge < -0.3 is 5.11 Å². The van der Waals surface area contributed by atoms with Crippen molar-refractivity contribution in [3.05, 3.63) is 73.5 Å². The first kappa shape index (κ1) is 28.1. The van der Waals surface area contributed by atoms with Gasteiger partial charge in [0.15, 0.2) is 0 Å². The normalized spacial score (nSPS) is 15.1. The average Bonchev–Trinajstić information content (AvgIpc) is 3.16. The highest BCUT2D eigenvalue weighted by molar-refractivity contribution is 7.12. The van der Waals surface area contributed by atoms with Crippen LogP contribution in [-0.2, 0) is 17.6 Å². The van der Waals surface area contributed by atoms with E-state index in [0.717, 1.165) is 54.4 Å². The molecule has 2 aromatic rings. The molecular formula is C31H44O2S. The van der Waals surface area contributed by atoms with Crippen molar-refractivity contribution in [1.82, 2.24) is 0 Å². The summed E-state index contributed by atoms with van der Waals surface area (Å²) in [5.74, 6) is -1.21. The monoisotopic (exact) mass is 480 g/mol. The molecule has 2 nitrogen and oxygen atoms in total. The second kappa shape index (κ2) is 13.7. The SMILES string of the molecule is CC.CCC/C=C(C)/C(=C(/c1cccc(C)c1)c1c(C)sc2c1CCCC2)C(CCC)C(=O)O. The first-order valence-electron chi connectivity index (χ1n) is 13.2. The van der Waals surface area contributed by atoms with Crippen molar-refractivity contribution in [2.45, 2.75) is 99.8 Å². The Morgan fingerprint density at radius 1 is 1.12 bits per heavy atom. The van der Waals surface area contributed by atoms with Crippen LogP contribution in [-0.4, -0.2) is 11.1 Å². The number of rotatable bonds is 9. The number of aliphatic carboxylic acids is 1. The Morgan fingerprint density at radius 2 is 1.82 bits per heavy atom. The van der Waals surface area contributed by atoms with E-state index in [4.69, 9.17) is 0 Å². The van der Waals surface area contributed by atoms with Crippen molar-refractivity contribution in [2.24, 2.45) is 5.92 Å². The fourth-order valence-corrected chi connectivity index (χ4v) is 6.33. The van der Waals surface area contributed by atoms with E-state index in [1.165, 1.54) is 39.3 Å². The molecule has 3 rings (SSSR count). The summed E-state index contributed by atoms with van der Waals surface area (Å²) in [6, 6.07) is 8.64. The molecule has 1 aliphatic rings. The van der Waals surface area contributed by atoms with E-state index in [2.05, 4.69) is 65.0 Å². The lowest BCUT2D eigenvalue weighted by atomic mass is 9.78. The molecule has 1 N–H and O–H groups in total. The minimum atomic E-state index is -0.710. The highest BCUT2D eigenvalue weighted by atomic mass is 32.1. The Labute approximate surface area is 211 Å². The molecule has 0 saturated carbocycles. The molecule has 0 fully saturated rings. The van der Waals surface area contributed by atoms with Crippen LogP contribution in [0.15, 0.2) is 41.5 Å². The molecule has 186 valence electrons. The number of carboxylic acid groups (broad SMARTS) is 1. The Bertz CT molecular complexity index is 1020. The van der Waals surface area contributed by atoms with Gasteiger partial charge in [0.1, 0.15) is 0 Å². The number of hydrogen-bond donors (Lipinski definition) is 1. The maximum atomic E-state index is 12.6. The zero-order valence-corrected chi connectivity index (χ0v) is 23.2. The molecule has 1 heterocycles. The summed E-state index contributed by atoms with van der Waals surface area (Å²) in [6.45, 7) is 14.7. The van der Waals surface area contributed by atoms with Crippen molar-refractivity contribution >= 4 is 22.9 Å². The second-order valence-corrected chi connectivity index (χ2v) is 10.5. The lowest BCUT2D eigenvalue weighted by Crippen LogP contribution is -2.19. The van der Waals surface area contributed by atoms with Crippen molar-refractivity contribution in [2.75, 3.05) is 0 Å². The Morgan fingerprint density at radius 3 is 2.44 bits per heavy atom. The van der Waals surface area contributed by atoms with Crippen LogP contribution in [0.1, 0.15) is 105 Å². The largest absolute Gasteiger partial charge is 0.481 e. The first-order valence-corrected chi connectivity index (χ1v) is 14.0. The molecule has 1 atom stereocenters. The quantitative estimate of drug-likeness (QED) is 0.363. The third-order valence-corrected chi connectivity index (χ3v) is 7.77. The standard InChI is InChI=1S/C29H38O2S.C2H6/c1-6-8-14-20(4)26(24(12-7-2)29(30)31)28(22-15-11-13-19(3)18-22)27-21(5)32-25-17-10-9-16-23(25)27;1-2/h11,13-15,18,24H,6-10,12,16-17H2,1-5H3,(H,30,31);1-2H3/b20-14+,28-26+;. The Hall–Kier alpha value is -2.13. The minimum absolute atomic E-state index is 0.498. The summed E-state index contributed by atoms with van der Waals surface area (Å²) in [6.07, 6.45) is 10.5. The maximum Gasteiger partial charge on any atom is 0.311 e. The lowest BCUT2D eigenvalue weighted by molar-refractivity contribution is -0.140. The summed E-state index contributed by atoms with van der Waals surface area (Å²) in [7, 11) is 0. The molecule has 0 aliphatic heterocycles. The molecule has 1 unspecified atom stereocenters. The van der Waals surface area contributed by atoms with Gasteiger partial charge in [-0.1, -0.05) is 82.0 Å². The fourth-order valence-electron chi connectivity index (χ4n) is 5.06. The molecule has 1 aromatic carbocycles. The topological polar surface area (TPSA) is 37.3 Å². The van der Waals surface area contributed by atoms with Gasteiger partial charge in [-0.3, -0.25) is 4.79 Å². The van der Waals surface area contributed by atoms with Gasteiger partial charge in [-0.15, -0.1) is 11.3 Å². The molecule has 1 aliphatic carbocycles. The zero-order valence-electron chi connectivity index (χ0n) is 22.4. The van der Waals surface area contributed by atoms with Gasteiger partial charge in [0, 0.05) is 9.75 Å². The molecule has 0 saturated heterocycles. The number of unbranched alkanes of at least 4 members (excludes halogenated alkanes) is 1. The average molecular weight is 481 g/mol. The first-order chi connectivity index (χ1) is 16.4. The summed E-state index contributed by atoms with van der Waals surface area (Å²) in [4.78, 5) is 15.4. The van der Waals surface area contributed by atoms with Gasteiger partial charge in [-0.05, 0) is 87.1 Å². The summed E-state index contributed by atoms with van der Waals surface area (Å²) in [5.41, 5.74) is 8.46. The smallest absolute Gasteiger partial charge is 0.311 e. The fraction of sp³-hybridized carbons (Fsp3) is 0.516. The van der Waals surface area contributed by atoms with E-state index in [0.29, 0.717) is 6.42 Å². The number of hydrogen-bond acceptors (Lipinski definition) is 2. The predicted octanol–water partition coefficient (Wildman–Crippen LogP) is 9.32. The predicted molar refractivity (Wildman–Crippen MR) is 149 cm³/mol. The van der Waals surface area contributed by atoms with E-state index in [-0.39, 0.29) is 0 Å². The molecular weight excluding hydrogens is 436 g/mol. The van der Waals surface area contributed by atoms with Gasteiger partial charge in [-0.2, -0.15) is 0 Å². The molecule has 0 radical (unpaired) electrons. The van der Waals surface area contributed by atoms with Gasteiger partial charge >= 0.3 is 5.97 Å². The highest BCUT2D eigenvalue weighted by Gasteiger charge is 2.30. The molecule has 1 aromatic heterocycles. The molecule has 0 bridgehead atoms. The van der Waals surface area contributed by atoms with E-state index >= 15 is 0 Å². The molecule has 0 amide bonds. The molecule has 0 spiro atoms. The summed E-state index contributed by atoms with van der Waals surface area (Å²) in [5, 5.41) is 10.3. The van der Waals surface area contributed by atoms with Gasteiger partial charge in [-0.25, -0.2) is 0 Å². The molecule has 34 heavy (non-hydrogen) atoms. The Balaban J connectivity index is 0.00000199. The summed E-state index contributed by atoms with van der Waals surface area (Å²) < 4.78 is 0. The van der Waals surface area contributed by atoms with E-state index in [9.17, 15) is 9.90 Å². The van der Waals surface area contributed by atoms with Gasteiger partial charge in [0.05, 0.1) is 5.92 Å². The van der Waals surface area contributed by atoms with E-state index < -0.39 is 11.9 Å². The van der Waals surface area contributed by atoms with E-state index in [1.54, 1.807) is 0 Å². The van der Waals surface area contributed by atoms with Crippen LogP contribution in [0.5, 0.6) is 0 Å². The van der Waals surface area contributed by atoms with Gasteiger partial charge in [0.25, 0.3) is 0 Å². The number of thiophene rings is 1. The third kappa shape index (κ3) is 6.50. The second-order valence-electron chi connectivity index (χ2n) is 9.16. The van der Waals surface area contributed by atoms with Crippen LogP contribution in [0.2, 0.25) is 0 Å². The number of benzene rings is 1. The van der Waals surface area contributed by atoms with Crippen LogP contribution in [0.4, 0.5) is 0 Å². The van der Waals surface area contributed by atoms with Gasteiger partial charge in [0.2, 0.25) is 0 Å². The van der Waals surface area contributed by atoms with Crippen LogP contribution in [0, 0.1) is 19.8 Å². The number of fused-ring (bicyclic) bond motifs is 1. The van der Waals surface area contributed by atoms with Crippen molar-refractivity contribution < 1.29 is 9.90 Å².